The molecule has 4 heterocycles. The number of aromatic amines is 1. The monoisotopic (exact) mass is 541 g/mol. The van der Waals surface area contributed by atoms with Gasteiger partial charge in [-0.15, -0.1) is 0 Å². The molecule has 6 rings (SSSR count). The van der Waals surface area contributed by atoms with Gasteiger partial charge in [0.1, 0.15) is 17.5 Å². The van der Waals surface area contributed by atoms with Gasteiger partial charge in [0.25, 0.3) is 5.56 Å². The summed E-state index contributed by atoms with van der Waals surface area (Å²) in [4.78, 5) is 25.4. The maximum absolute atomic E-state index is 15.4. The van der Waals surface area contributed by atoms with Gasteiger partial charge in [0, 0.05) is 42.2 Å². The Bertz CT molecular complexity index is 1980. The minimum Gasteiger partial charge on any atom is -0.336 e. The van der Waals surface area contributed by atoms with E-state index in [0.29, 0.717) is 27.8 Å². The molecule has 1 atom stereocenters. The van der Waals surface area contributed by atoms with Crippen molar-refractivity contribution < 1.29 is 8.78 Å². The zero-order valence-electron chi connectivity index (χ0n) is 23.0. The molecule has 0 amide bonds. The van der Waals surface area contributed by atoms with Gasteiger partial charge >= 0.3 is 0 Å². The van der Waals surface area contributed by atoms with Crippen LogP contribution in [0.25, 0.3) is 45.6 Å². The van der Waals surface area contributed by atoms with Crippen molar-refractivity contribution in [1.82, 2.24) is 34.5 Å². The van der Waals surface area contributed by atoms with Crippen LogP contribution in [0.4, 0.5) is 8.78 Å². The molecule has 1 aliphatic rings. The highest BCUT2D eigenvalue weighted by Gasteiger charge is 2.38. The van der Waals surface area contributed by atoms with Crippen molar-refractivity contribution >= 4 is 23.1 Å². The lowest BCUT2D eigenvalue weighted by Gasteiger charge is -2.40. The number of aryl methyl sites for hydroxylation is 1. The number of hydrogen-bond donors (Lipinski definition) is 1. The van der Waals surface area contributed by atoms with Crippen molar-refractivity contribution in [3.63, 3.8) is 0 Å². The van der Waals surface area contributed by atoms with Crippen LogP contribution in [0.2, 0.25) is 0 Å². The van der Waals surface area contributed by atoms with Gasteiger partial charge in [0.05, 0.1) is 35.2 Å². The number of pyridine rings is 1. The Labute approximate surface area is 228 Å². The van der Waals surface area contributed by atoms with E-state index in [1.807, 2.05) is 47.0 Å². The first-order valence-corrected chi connectivity index (χ1v) is 13.0. The number of imidazole rings is 1. The highest BCUT2D eigenvalue weighted by atomic mass is 19.1. The second kappa shape index (κ2) is 9.04. The number of nitrogens with zero attached hydrogens (tertiary/aromatic N) is 6. The Balaban J connectivity index is 1.35. The Kier molecular flexibility index (Phi) is 5.83. The quantitative estimate of drug-likeness (QED) is 0.370. The first kappa shape index (κ1) is 25.8. The first-order valence-electron chi connectivity index (χ1n) is 13.0. The van der Waals surface area contributed by atoms with Crippen molar-refractivity contribution in [2.24, 2.45) is 17.9 Å². The van der Waals surface area contributed by atoms with E-state index in [0.717, 1.165) is 15.8 Å². The fourth-order valence-electron chi connectivity index (χ4n) is 5.12. The maximum atomic E-state index is 15.4. The molecule has 1 aliphatic carbocycles. The number of H-pyrrole nitrogens is 1. The van der Waals surface area contributed by atoms with E-state index in [9.17, 15) is 4.79 Å². The topological polar surface area (TPSA) is 94.3 Å². The number of nitrogens with one attached hydrogen (secondary N) is 1. The molecule has 4 aromatic heterocycles. The van der Waals surface area contributed by atoms with Crippen molar-refractivity contribution in [2.45, 2.75) is 40.7 Å². The zero-order valence-corrected chi connectivity index (χ0v) is 23.0. The molecule has 204 valence electrons. The van der Waals surface area contributed by atoms with E-state index in [4.69, 9.17) is 0 Å². The van der Waals surface area contributed by atoms with Crippen molar-refractivity contribution in [2.75, 3.05) is 0 Å². The molecule has 0 saturated carbocycles. The van der Waals surface area contributed by atoms with Gasteiger partial charge in [-0.2, -0.15) is 10.2 Å². The number of halogens is 2. The molecule has 0 spiro atoms. The fourth-order valence-corrected chi connectivity index (χ4v) is 5.12. The third kappa shape index (κ3) is 4.24. The van der Waals surface area contributed by atoms with Gasteiger partial charge in [0.15, 0.2) is 5.65 Å². The van der Waals surface area contributed by atoms with Gasteiger partial charge in [-0.05, 0) is 28.5 Å². The summed E-state index contributed by atoms with van der Waals surface area (Å²) in [6, 6.07) is 6.59. The molecule has 1 aromatic carbocycles. The average molecular weight is 542 g/mol. The van der Waals surface area contributed by atoms with Crippen molar-refractivity contribution in [3.05, 3.63) is 81.2 Å². The van der Waals surface area contributed by atoms with Crippen molar-refractivity contribution in [1.29, 1.82) is 0 Å². The van der Waals surface area contributed by atoms with Gasteiger partial charge in [-0.1, -0.05) is 45.9 Å². The lowest BCUT2D eigenvalue weighted by molar-refractivity contribution is 0.186. The minimum atomic E-state index is -0.568. The summed E-state index contributed by atoms with van der Waals surface area (Å²) in [5, 5.41) is 8.93. The highest BCUT2D eigenvalue weighted by molar-refractivity contribution is 5.91. The maximum Gasteiger partial charge on any atom is 0.277 e. The molecular formula is C30H29F2N7O. The molecular weight excluding hydrogens is 512 g/mol. The molecule has 40 heavy (non-hydrogen) atoms. The summed E-state index contributed by atoms with van der Waals surface area (Å²) in [6.45, 7) is 8.00. The van der Waals surface area contributed by atoms with Crippen LogP contribution >= 0.6 is 0 Å². The molecule has 0 fully saturated rings. The van der Waals surface area contributed by atoms with Crippen LogP contribution in [0.5, 0.6) is 0 Å². The van der Waals surface area contributed by atoms with E-state index in [1.54, 1.807) is 35.3 Å². The standard InChI is InChI=1S/C30H29F2N7O/c1-29(2,3)30(4)11-19-13-35-39(28(40)24(19)23(32)12-30)16-18-7-6-17(10-22(18)31)21-8-9-33-27-25(21)36-26(37-27)20-14-34-38(5)15-20/h6-11,13-15H,12,16H2,1-5H3,(H,33,36,37). The summed E-state index contributed by atoms with van der Waals surface area (Å²) >= 11 is 0. The van der Waals surface area contributed by atoms with Gasteiger partial charge in [-0.25, -0.2) is 23.4 Å². The SMILES string of the molecule is Cn1cc(-c2nc3nccc(-c4ccc(Cn5ncc6c(c5=O)=C(F)CC(C)(C(C)(C)C)C=6)c(F)c4)c3[nH]2)cn1. The van der Waals surface area contributed by atoms with E-state index < -0.39 is 22.6 Å². The Morgan fingerprint density at radius 3 is 2.60 bits per heavy atom. The third-order valence-corrected chi connectivity index (χ3v) is 8.11. The molecule has 8 nitrogen and oxygen atoms in total. The van der Waals surface area contributed by atoms with Crippen molar-refractivity contribution in [3.8, 4) is 22.5 Å². The Morgan fingerprint density at radius 2 is 1.90 bits per heavy atom. The van der Waals surface area contributed by atoms with Gasteiger partial charge < -0.3 is 4.98 Å². The van der Waals surface area contributed by atoms with Crippen LogP contribution in [-0.4, -0.2) is 34.5 Å². The third-order valence-electron chi connectivity index (χ3n) is 8.11. The number of fused-ring (bicyclic) bond motifs is 2. The normalized spacial score (nSPS) is 17.2. The number of aromatic nitrogens is 7. The molecule has 0 aliphatic heterocycles. The number of hydrogen-bond acceptors (Lipinski definition) is 5. The number of rotatable bonds is 4. The fraction of sp³-hybridized carbons (Fsp3) is 0.300. The summed E-state index contributed by atoms with van der Waals surface area (Å²) in [7, 11) is 1.82. The van der Waals surface area contributed by atoms with E-state index >= 15 is 8.78 Å². The van der Waals surface area contributed by atoms with Crippen LogP contribution in [0, 0.1) is 16.6 Å². The smallest absolute Gasteiger partial charge is 0.277 e. The Morgan fingerprint density at radius 1 is 1.10 bits per heavy atom. The zero-order chi connectivity index (χ0) is 28.4. The first-order chi connectivity index (χ1) is 18.9. The molecule has 1 N–H and O–H groups in total. The van der Waals surface area contributed by atoms with Crippen LogP contribution < -0.4 is 16.0 Å². The summed E-state index contributed by atoms with van der Waals surface area (Å²) in [5.74, 6) is -0.349. The number of benzene rings is 1. The predicted molar refractivity (Wildman–Crippen MR) is 149 cm³/mol. The van der Waals surface area contributed by atoms with E-state index in [1.165, 1.54) is 12.3 Å². The molecule has 1 unspecified atom stereocenters. The van der Waals surface area contributed by atoms with Crippen LogP contribution in [-0.2, 0) is 13.6 Å². The highest BCUT2D eigenvalue weighted by Crippen LogP contribution is 2.45. The predicted octanol–water partition coefficient (Wildman–Crippen LogP) is 4.08. The Hall–Kier alpha value is -4.47. The van der Waals surface area contributed by atoms with E-state index in [2.05, 4.69) is 25.1 Å². The van der Waals surface area contributed by atoms with Gasteiger partial charge in [0.2, 0.25) is 0 Å². The van der Waals surface area contributed by atoms with Gasteiger partial charge in [-0.3, -0.25) is 9.48 Å². The average Bonchev–Trinajstić information content (AvgIpc) is 3.52. The summed E-state index contributed by atoms with van der Waals surface area (Å²) in [5.41, 5.74) is 2.37. The molecule has 10 heteroatoms. The molecule has 5 aromatic rings. The second-order valence-electron chi connectivity index (χ2n) is 11.7. The largest absolute Gasteiger partial charge is 0.336 e. The van der Waals surface area contributed by atoms with Crippen LogP contribution in [0.15, 0.2) is 53.8 Å². The second-order valence-corrected chi connectivity index (χ2v) is 11.7. The molecule has 0 radical (unpaired) electrons. The lowest BCUT2D eigenvalue weighted by atomic mass is 9.64. The molecule has 0 saturated heterocycles. The van der Waals surface area contributed by atoms with Crippen LogP contribution in [0.1, 0.15) is 39.7 Å². The molecule has 0 bridgehead atoms. The lowest BCUT2D eigenvalue weighted by Crippen LogP contribution is -2.51. The van der Waals surface area contributed by atoms with Crippen LogP contribution in [0.3, 0.4) is 0 Å². The minimum absolute atomic E-state index is 0.0107. The van der Waals surface area contributed by atoms with E-state index in [-0.39, 0.29) is 29.2 Å². The summed E-state index contributed by atoms with van der Waals surface area (Å²) < 4.78 is 33.5. The summed E-state index contributed by atoms with van der Waals surface area (Å²) in [6.07, 6.45) is 8.73.